The van der Waals surface area contributed by atoms with E-state index < -0.39 is 11.7 Å². The summed E-state index contributed by atoms with van der Waals surface area (Å²) in [4.78, 5) is 4.24. The van der Waals surface area contributed by atoms with Crippen LogP contribution in [-0.4, -0.2) is 14.8 Å². The lowest BCUT2D eigenvalue weighted by Gasteiger charge is -2.10. The van der Waals surface area contributed by atoms with Crippen LogP contribution in [0.25, 0.3) is 16.7 Å². The Labute approximate surface area is 129 Å². The molecule has 0 aliphatic rings. The number of aryl methyl sites for hydroxylation is 2. The number of rotatable bonds is 1. The fourth-order valence-corrected chi connectivity index (χ4v) is 2.53. The summed E-state index contributed by atoms with van der Waals surface area (Å²) in [5.41, 5.74) is 0.647. The summed E-state index contributed by atoms with van der Waals surface area (Å²) < 4.78 is 41.2. The molecule has 0 radical (unpaired) electrons. The van der Waals surface area contributed by atoms with Crippen molar-refractivity contribution in [3.63, 3.8) is 0 Å². The Balaban J connectivity index is 2.35. The largest absolute Gasteiger partial charge is 0.417 e. The lowest BCUT2D eigenvalue weighted by atomic mass is 10.1. The molecule has 3 aromatic rings. The maximum atomic E-state index is 13.3. The summed E-state index contributed by atoms with van der Waals surface area (Å²) >= 11 is 5.84. The molecule has 3 nitrogen and oxygen atoms in total. The van der Waals surface area contributed by atoms with Crippen LogP contribution in [0, 0.1) is 13.8 Å². The Hall–Kier alpha value is -2.08. The molecule has 0 saturated carbocycles. The molecular formula is C15H11ClF3N3. The third-order valence-corrected chi connectivity index (χ3v) is 3.57. The minimum absolute atomic E-state index is 0.0213. The Bertz CT molecular complexity index is 851. The minimum atomic E-state index is -4.45. The van der Waals surface area contributed by atoms with E-state index in [0.29, 0.717) is 10.7 Å². The van der Waals surface area contributed by atoms with Gasteiger partial charge in [-0.05, 0) is 44.2 Å². The zero-order chi connectivity index (χ0) is 16.1. The highest BCUT2D eigenvalue weighted by Crippen LogP contribution is 2.36. The van der Waals surface area contributed by atoms with E-state index in [-0.39, 0.29) is 22.4 Å². The maximum Gasteiger partial charge on any atom is 0.417 e. The lowest BCUT2D eigenvalue weighted by Crippen LogP contribution is -2.08. The van der Waals surface area contributed by atoms with Crippen LogP contribution in [-0.2, 0) is 6.18 Å². The van der Waals surface area contributed by atoms with E-state index in [1.54, 1.807) is 31.2 Å². The van der Waals surface area contributed by atoms with Gasteiger partial charge < -0.3 is 0 Å². The molecule has 3 rings (SSSR count). The fraction of sp³-hybridized carbons (Fsp3) is 0.200. The van der Waals surface area contributed by atoms with Gasteiger partial charge in [0.1, 0.15) is 0 Å². The predicted molar refractivity (Wildman–Crippen MR) is 78.4 cm³/mol. The SMILES string of the molecule is Cc1cc(C(F)(F)F)c2c(C)nn(-c3ccc(Cl)cc3)c2n1. The van der Waals surface area contributed by atoms with Gasteiger partial charge in [0.05, 0.1) is 22.3 Å². The number of pyridine rings is 1. The monoisotopic (exact) mass is 325 g/mol. The average Bonchev–Trinajstić information content (AvgIpc) is 2.75. The fourth-order valence-electron chi connectivity index (χ4n) is 2.40. The molecule has 2 aromatic heterocycles. The van der Waals surface area contributed by atoms with Crippen molar-refractivity contribution in [2.24, 2.45) is 0 Å². The number of aromatic nitrogens is 3. The minimum Gasteiger partial charge on any atom is -0.233 e. The topological polar surface area (TPSA) is 30.7 Å². The molecule has 0 aliphatic heterocycles. The van der Waals surface area contributed by atoms with Crippen molar-refractivity contribution >= 4 is 22.6 Å². The Morgan fingerprint density at radius 2 is 1.73 bits per heavy atom. The third-order valence-electron chi connectivity index (χ3n) is 3.32. The maximum absolute atomic E-state index is 13.3. The van der Waals surface area contributed by atoms with Gasteiger partial charge in [-0.1, -0.05) is 11.6 Å². The number of hydrogen-bond acceptors (Lipinski definition) is 2. The second kappa shape index (κ2) is 4.98. The van der Waals surface area contributed by atoms with Gasteiger partial charge in [-0.2, -0.15) is 18.3 Å². The smallest absolute Gasteiger partial charge is 0.233 e. The highest BCUT2D eigenvalue weighted by molar-refractivity contribution is 6.30. The summed E-state index contributed by atoms with van der Waals surface area (Å²) in [5.74, 6) is 0. The van der Waals surface area contributed by atoms with Crippen molar-refractivity contribution in [1.82, 2.24) is 14.8 Å². The lowest BCUT2D eigenvalue weighted by molar-refractivity contribution is -0.136. The molecule has 0 bridgehead atoms. The summed E-state index contributed by atoms with van der Waals surface area (Å²) in [7, 11) is 0. The van der Waals surface area contributed by atoms with Crippen LogP contribution in [0.2, 0.25) is 5.02 Å². The van der Waals surface area contributed by atoms with Gasteiger partial charge in [0.25, 0.3) is 0 Å². The summed E-state index contributed by atoms with van der Waals surface area (Å²) in [5, 5.41) is 4.78. The van der Waals surface area contributed by atoms with Crippen LogP contribution in [0.3, 0.4) is 0 Å². The summed E-state index contributed by atoms with van der Waals surface area (Å²) in [6, 6.07) is 7.72. The van der Waals surface area contributed by atoms with Crippen molar-refractivity contribution in [2.75, 3.05) is 0 Å². The van der Waals surface area contributed by atoms with Crippen molar-refractivity contribution < 1.29 is 13.2 Å². The number of fused-ring (bicyclic) bond motifs is 1. The Kier molecular flexibility index (Phi) is 3.36. The van der Waals surface area contributed by atoms with E-state index >= 15 is 0 Å². The van der Waals surface area contributed by atoms with Crippen LogP contribution < -0.4 is 0 Å². The molecule has 0 saturated heterocycles. The van der Waals surface area contributed by atoms with Crippen LogP contribution >= 0.6 is 11.6 Å². The van der Waals surface area contributed by atoms with Gasteiger partial charge in [0, 0.05) is 10.7 Å². The molecule has 0 aliphatic carbocycles. The summed E-state index contributed by atoms with van der Waals surface area (Å²) in [6.45, 7) is 3.07. The molecule has 1 aromatic carbocycles. The molecule has 7 heteroatoms. The first-order chi connectivity index (χ1) is 10.3. The third kappa shape index (κ3) is 2.43. The molecule has 0 fully saturated rings. The van der Waals surface area contributed by atoms with Crippen molar-refractivity contribution in [3.8, 4) is 5.69 Å². The highest BCUT2D eigenvalue weighted by atomic mass is 35.5. The van der Waals surface area contributed by atoms with E-state index in [1.165, 1.54) is 11.6 Å². The molecule has 0 amide bonds. The van der Waals surface area contributed by atoms with Crippen LogP contribution in [0.4, 0.5) is 13.2 Å². The number of benzene rings is 1. The standard InChI is InChI=1S/C15H11ClF3N3/c1-8-7-12(15(17,18)19)13-9(2)21-22(14(13)20-8)11-5-3-10(16)4-6-11/h3-7H,1-2H3. The second-order valence-corrected chi connectivity index (χ2v) is 5.42. The number of halogens is 4. The number of nitrogens with zero attached hydrogens (tertiary/aromatic N) is 3. The van der Waals surface area contributed by atoms with Crippen LogP contribution in [0.5, 0.6) is 0 Å². The van der Waals surface area contributed by atoms with Gasteiger partial charge in [-0.3, -0.25) is 0 Å². The molecular weight excluding hydrogens is 315 g/mol. The first-order valence-corrected chi connectivity index (χ1v) is 6.85. The van der Waals surface area contributed by atoms with Crippen LogP contribution in [0.1, 0.15) is 17.0 Å². The molecule has 114 valence electrons. The zero-order valence-corrected chi connectivity index (χ0v) is 12.5. The van der Waals surface area contributed by atoms with E-state index in [0.717, 1.165) is 6.07 Å². The van der Waals surface area contributed by atoms with Crippen molar-refractivity contribution in [2.45, 2.75) is 20.0 Å². The molecule has 0 spiro atoms. The van der Waals surface area contributed by atoms with Crippen molar-refractivity contribution in [3.05, 3.63) is 52.3 Å². The number of alkyl halides is 3. The molecule has 0 atom stereocenters. The molecule has 0 unspecified atom stereocenters. The van der Waals surface area contributed by atoms with E-state index in [9.17, 15) is 13.2 Å². The van der Waals surface area contributed by atoms with Crippen LogP contribution in [0.15, 0.2) is 30.3 Å². The van der Waals surface area contributed by atoms with Gasteiger partial charge >= 0.3 is 6.18 Å². The first kappa shape index (κ1) is 14.8. The van der Waals surface area contributed by atoms with Gasteiger partial charge in [-0.15, -0.1) is 0 Å². The van der Waals surface area contributed by atoms with Crippen molar-refractivity contribution in [1.29, 1.82) is 0 Å². The molecule has 0 N–H and O–H groups in total. The first-order valence-electron chi connectivity index (χ1n) is 6.47. The van der Waals surface area contributed by atoms with Gasteiger partial charge in [-0.25, -0.2) is 9.67 Å². The molecule has 22 heavy (non-hydrogen) atoms. The Morgan fingerprint density at radius 1 is 1.09 bits per heavy atom. The Morgan fingerprint density at radius 3 is 2.32 bits per heavy atom. The average molecular weight is 326 g/mol. The van der Waals surface area contributed by atoms with E-state index in [1.807, 2.05) is 0 Å². The molecule has 2 heterocycles. The quantitative estimate of drug-likeness (QED) is 0.648. The zero-order valence-electron chi connectivity index (χ0n) is 11.7. The normalized spacial score (nSPS) is 12.1. The van der Waals surface area contributed by atoms with E-state index in [4.69, 9.17) is 11.6 Å². The number of hydrogen-bond donors (Lipinski definition) is 0. The van der Waals surface area contributed by atoms with E-state index in [2.05, 4.69) is 10.1 Å². The second-order valence-electron chi connectivity index (χ2n) is 4.98. The van der Waals surface area contributed by atoms with Gasteiger partial charge in [0.15, 0.2) is 5.65 Å². The summed E-state index contributed by atoms with van der Waals surface area (Å²) in [6.07, 6.45) is -4.45. The van der Waals surface area contributed by atoms with Gasteiger partial charge in [0.2, 0.25) is 0 Å². The highest BCUT2D eigenvalue weighted by Gasteiger charge is 2.35. The predicted octanol–water partition coefficient (Wildman–Crippen LogP) is 4.71.